The van der Waals surface area contributed by atoms with Crippen LogP contribution in [-0.2, 0) is 15.6 Å². The molecule has 1 unspecified atom stereocenters. The summed E-state index contributed by atoms with van der Waals surface area (Å²) in [4.78, 5) is 0. The predicted octanol–water partition coefficient (Wildman–Crippen LogP) is 4.45. The van der Waals surface area contributed by atoms with Crippen LogP contribution in [0.2, 0.25) is 0 Å². The second-order valence-corrected chi connectivity index (χ2v) is 10.9. The zero-order chi connectivity index (χ0) is 16.1. The summed E-state index contributed by atoms with van der Waals surface area (Å²) in [6.45, 7) is 0.420. The number of hydrogen-bond acceptors (Lipinski definition) is 2. The van der Waals surface area contributed by atoms with Crippen molar-refractivity contribution in [2.24, 2.45) is 5.92 Å². The summed E-state index contributed by atoms with van der Waals surface area (Å²) in [5.41, 5.74) is 0. The number of rotatable bonds is 5. The molecule has 3 heteroatoms. The van der Waals surface area contributed by atoms with Crippen molar-refractivity contribution in [2.45, 2.75) is 105 Å². The molecule has 1 N–H and O–H groups in total. The van der Waals surface area contributed by atoms with E-state index in [0.29, 0.717) is 29.5 Å². The van der Waals surface area contributed by atoms with E-state index in [1.165, 1.54) is 83.5 Å². The maximum absolute atomic E-state index is 9.46. The summed E-state index contributed by atoms with van der Waals surface area (Å²) >= 11 is 0. The third kappa shape index (κ3) is 4.67. The van der Waals surface area contributed by atoms with Gasteiger partial charge in [-0.3, -0.25) is 0 Å². The lowest BCUT2D eigenvalue weighted by Gasteiger charge is -2.38. The molecular formula is C20H37O2S+. The Morgan fingerprint density at radius 2 is 1.26 bits per heavy atom. The molecule has 0 aliphatic heterocycles. The summed E-state index contributed by atoms with van der Waals surface area (Å²) in [6, 6.07) is 0. The Bertz CT molecular complexity index is 303. The minimum atomic E-state index is 0.420. The number of aliphatic hydroxyl groups is 1. The van der Waals surface area contributed by atoms with E-state index in [1.807, 2.05) is 7.11 Å². The first-order valence-corrected chi connectivity index (χ1v) is 11.6. The van der Waals surface area contributed by atoms with Gasteiger partial charge in [0.1, 0.15) is 15.7 Å². The van der Waals surface area contributed by atoms with Crippen molar-refractivity contribution in [1.82, 2.24) is 0 Å². The van der Waals surface area contributed by atoms with Crippen molar-refractivity contribution < 1.29 is 9.84 Å². The number of aliphatic hydroxyl groups excluding tert-OH is 1. The van der Waals surface area contributed by atoms with Crippen molar-refractivity contribution >= 4 is 10.9 Å². The first kappa shape index (κ1) is 18.1. The fraction of sp³-hybridized carbons (Fsp3) is 1.00. The van der Waals surface area contributed by atoms with E-state index in [4.69, 9.17) is 4.74 Å². The van der Waals surface area contributed by atoms with Crippen LogP contribution in [0.4, 0.5) is 0 Å². The summed E-state index contributed by atoms with van der Waals surface area (Å²) in [5.74, 6) is 0.604. The van der Waals surface area contributed by atoms with Gasteiger partial charge in [-0.1, -0.05) is 6.42 Å². The normalized spacial score (nSPS) is 38.3. The third-order valence-corrected chi connectivity index (χ3v) is 10.4. The summed E-state index contributed by atoms with van der Waals surface area (Å²) < 4.78 is 5.61. The van der Waals surface area contributed by atoms with E-state index >= 15 is 0 Å². The Morgan fingerprint density at radius 3 is 1.78 bits per heavy atom. The van der Waals surface area contributed by atoms with Gasteiger partial charge in [-0.15, -0.1) is 0 Å². The first-order valence-electron chi connectivity index (χ1n) is 10.2. The van der Waals surface area contributed by atoms with Gasteiger partial charge in [0.15, 0.2) is 0 Å². The standard InChI is InChI=1S/C20H37O2S/c1-22-17-9-13-20(14-10-17)23(18-5-3-2-4-6-18)19-11-7-16(15-21)8-12-19/h16-21H,2-15H2,1H3/q+1. The molecule has 3 saturated carbocycles. The van der Waals surface area contributed by atoms with E-state index in [9.17, 15) is 5.11 Å². The molecule has 3 aliphatic carbocycles. The lowest BCUT2D eigenvalue weighted by Crippen LogP contribution is -2.45. The molecule has 2 nitrogen and oxygen atoms in total. The maximum Gasteiger partial charge on any atom is 0.119 e. The average molecular weight is 342 g/mol. The second kappa shape index (κ2) is 9.10. The van der Waals surface area contributed by atoms with Gasteiger partial charge in [0.2, 0.25) is 0 Å². The fourth-order valence-electron chi connectivity index (χ4n) is 5.28. The lowest BCUT2D eigenvalue weighted by molar-refractivity contribution is 0.0719. The van der Waals surface area contributed by atoms with Crippen molar-refractivity contribution in [3.05, 3.63) is 0 Å². The van der Waals surface area contributed by atoms with Gasteiger partial charge < -0.3 is 9.84 Å². The van der Waals surface area contributed by atoms with Gasteiger partial charge in [0.25, 0.3) is 0 Å². The molecule has 0 aromatic carbocycles. The minimum Gasteiger partial charge on any atom is -0.396 e. The second-order valence-electron chi connectivity index (χ2n) is 8.13. The molecule has 134 valence electrons. The van der Waals surface area contributed by atoms with Gasteiger partial charge in [-0.2, -0.15) is 0 Å². The minimum absolute atomic E-state index is 0.420. The lowest BCUT2D eigenvalue weighted by atomic mass is 9.89. The highest BCUT2D eigenvalue weighted by Gasteiger charge is 2.46. The Labute approximate surface area is 146 Å². The van der Waals surface area contributed by atoms with Crippen LogP contribution in [0.3, 0.4) is 0 Å². The van der Waals surface area contributed by atoms with E-state index in [0.717, 1.165) is 15.7 Å². The SMILES string of the molecule is COC1CCC([S+](C2CCCCC2)C2CCC(CO)CC2)CC1. The Kier molecular flexibility index (Phi) is 7.15. The smallest absolute Gasteiger partial charge is 0.119 e. The van der Waals surface area contributed by atoms with Crippen LogP contribution in [-0.4, -0.2) is 40.7 Å². The van der Waals surface area contributed by atoms with E-state index in [2.05, 4.69) is 0 Å². The van der Waals surface area contributed by atoms with Crippen LogP contribution in [0.1, 0.15) is 83.5 Å². The summed E-state index contributed by atoms with van der Waals surface area (Å²) in [6.07, 6.45) is 18.8. The molecule has 0 amide bonds. The largest absolute Gasteiger partial charge is 0.396 e. The van der Waals surface area contributed by atoms with E-state index in [1.54, 1.807) is 0 Å². The summed E-state index contributed by atoms with van der Waals surface area (Å²) in [7, 11) is 2.54. The Morgan fingerprint density at radius 1 is 0.739 bits per heavy atom. The third-order valence-electron chi connectivity index (χ3n) is 6.71. The van der Waals surface area contributed by atoms with Gasteiger partial charge in [-0.05, 0) is 93.9 Å². The van der Waals surface area contributed by atoms with E-state index < -0.39 is 0 Å². The summed E-state index contributed by atoms with van der Waals surface area (Å²) in [5, 5.41) is 12.5. The topological polar surface area (TPSA) is 29.5 Å². The van der Waals surface area contributed by atoms with Crippen molar-refractivity contribution in [1.29, 1.82) is 0 Å². The zero-order valence-electron chi connectivity index (χ0n) is 15.0. The van der Waals surface area contributed by atoms with Crippen molar-refractivity contribution in [3.8, 4) is 0 Å². The molecule has 3 rings (SSSR count). The molecule has 0 bridgehead atoms. The van der Waals surface area contributed by atoms with Crippen LogP contribution >= 0.6 is 0 Å². The van der Waals surface area contributed by atoms with Crippen LogP contribution in [0, 0.1) is 5.92 Å². The highest BCUT2D eigenvalue weighted by Crippen LogP contribution is 2.41. The Hall–Kier alpha value is 0.270. The number of hydrogen-bond donors (Lipinski definition) is 1. The molecule has 0 heterocycles. The molecule has 3 aliphatic rings. The quantitative estimate of drug-likeness (QED) is 0.749. The monoisotopic (exact) mass is 341 g/mol. The molecule has 0 aromatic rings. The molecule has 0 aromatic heterocycles. The fourth-order valence-corrected chi connectivity index (χ4v) is 9.42. The number of ether oxygens (including phenoxy) is 1. The molecular weight excluding hydrogens is 304 g/mol. The zero-order valence-corrected chi connectivity index (χ0v) is 15.9. The van der Waals surface area contributed by atoms with Crippen molar-refractivity contribution in [2.75, 3.05) is 13.7 Å². The first-order chi connectivity index (χ1) is 11.3. The molecule has 23 heavy (non-hydrogen) atoms. The molecule has 0 radical (unpaired) electrons. The van der Waals surface area contributed by atoms with Gasteiger partial charge >= 0.3 is 0 Å². The highest BCUT2D eigenvalue weighted by atomic mass is 32.2. The van der Waals surface area contributed by atoms with Crippen LogP contribution in [0.25, 0.3) is 0 Å². The van der Waals surface area contributed by atoms with E-state index in [-0.39, 0.29) is 0 Å². The van der Waals surface area contributed by atoms with Crippen LogP contribution in [0.5, 0.6) is 0 Å². The van der Waals surface area contributed by atoms with Gasteiger partial charge in [0, 0.05) is 13.7 Å². The number of methoxy groups -OCH3 is 1. The van der Waals surface area contributed by atoms with Crippen LogP contribution < -0.4 is 0 Å². The molecule has 0 spiro atoms. The maximum atomic E-state index is 9.46. The Balaban J connectivity index is 1.64. The van der Waals surface area contributed by atoms with Crippen LogP contribution in [0.15, 0.2) is 0 Å². The molecule has 1 atom stereocenters. The highest BCUT2D eigenvalue weighted by molar-refractivity contribution is 7.98. The van der Waals surface area contributed by atoms with Gasteiger partial charge in [0.05, 0.1) is 6.10 Å². The van der Waals surface area contributed by atoms with Crippen molar-refractivity contribution in [3.63, 3.8) is 0 Å². The van der Waals surface area contributed by atoms with Gasteiger partial charge in [-0.25, -0.2) is 0 Å². The predicted molar refractivity (Wildman–Crippen MR) is 100 cm³/mol. The molecule has 0 saturated heterocycles. The molecule has 3 fully saturated rings. The average Bonchev–Trinajstić information content (AvgIpc) is 2.64.